The molecule has 0 saturated carbocycles. The topological polar surface area (TPSA) is 32.5 Å². The summed E-state index contributed by atoms with van der Waals surface area (Å²) in [6.45, 7) is 11.1. The minimum Gasteiger partial charge on any atom is -0.330 e. The predicted octanol–water partition coefficient (Wildman–Crippen LogP) is 0.750. The molecule has 1 saturated heterocycles. The molecule has 0 aromatic rings. The van der Waals surface area contributed by atoms with Gasteiger partial charge in [0.2, 0.25) is 0 Å². The normalized spacial score (nSPS) is 29.4. The van der Waals surface area contributed by atoms with Crippen molar-refractivity contribution in [3.05, 3.63) is 0 Å². The molecule has 1 aliphatic rings. The van der Waals surface area contributed by atoms with Gasteiger partial charge in [0.25, 0.3) is 0 Å². The van der Waals surface area contributed by atoms with Gasteiger partial charge in [0.1, 0.15) is 0 Å². The van der Waals surface area contributed by atoms with Gasteiger partial charge < -0.3 is 5.73 Å². The number of nitrogens with two attached hydrogens (primary N) is 1. The summed E-state index contributed by atoms with van der Waals surface area (Å²) in [6.07, 6.45) is 1.12. The van der Waals surface area contributed by atoms with E-state index in [2.05, 4.69) is 37.6 Å². The lowest BCUT2D eigenvalue weighted by Crippen LogP contribution is -2.62. The van der Waals surface area contributed by atoms with Crippen LogP contribution in [0.3, 0.4) is 0 Å². The predicted molar refractivity (Wildman–Crippen MR) is 61.4 cm³/mol. The van der Waals surface area contributed by atoms with Crippen LogP contribution >= 0.6 is 0 Å². The van der Waals surface area contributed by atoms with E-state index in [1.165, 1.54) is 0 Å². The van der Waals surface area contributed by atoms with Crippen LogP contribution in [0.15, 0.2) is 0 Å². The third-order valence-electron chi connectivity index (χ3n) is 3.53. The Labute approximate surface area is 88.2 Å². The molecule has 0 radical (unpaired) electrons. The van der Waals surface area contributed by atoms with E-state index in [1.54, 1.807) is 0 Å². The van der Waals surface area contributed by atoms with Gasteiger partial charge in [-0.3, -0.25) is 9.80 Å². The van der Waals surface area contributed by atoms with Crippen molar-refractivity contribution in [1.29, 1.82) is 0 Å². The molecular weight excluding hydrogens is 174 g/mol. The molecule has 1 fully saturated rings. The summed E-state index contributed by atoms with van der Waals surface area (Å²) in [6, 6.07) is 0.656. The van der Waals surface area contributed by atoms with Crippen LogP contribution < -0.4 is 5.73 Å². The zero-order valence-electron chi connectivity index (χ0n) is 10.1. The molecule has 0 amide bonds. The summed E-state index contributed by atoms with van der Waals surface area (Å²) in [5.74, 6) is 0. The zero-order valence-corrected chi connectivity index (χ0v) is 10.1. The first-order chi connectivity index (χ1) is 6.51. The lowest BCUT2D eigenvalue weighted by atomic mass is 9.95. The highest BCUT2D eigenvalue weighted by atomic mass is 15.3. The van der Waals surface area contributed by atoms with Crippen molar-refractivity contribution in [3.8, 4) is 0 Å². The molecule has 1 atom stereocenters. The molecule has 14 heavy (non-hydrogen) atoms. The van der Waals surface area contributed by atoms with E-state index in [4.69, 9.17) is 5.73 Å². The van der Waals surface area contributed by atoms with Gasteiger partial charge in [0, 0.05) is 24.7 Å². The van der Waals surface area contributed by atoms with E-state index in [1.807, 2.05) is 0 Å². The SMILES string of the molecule is CCN1CC(C)(C)N(C)CC1CCN. The number of rotatable bonds is 3. The molecular formula is C11H25N3. The maximum atomic E-state index is 5.64. The van der Waals surface area contributed by atoms with E-state index < -0.39 is 0 Å². The van der Waals surface area contributed by atoms with E-state index >= 15 is 0 Å². The molecule has 0 aliphatic carbocycles. The van der Waals surface area contributed by atoms with E-state index in [-0.39, 0.29) is 0 Å². The van der Waals surface area contributed by atoms with Gasteiger partial charge in [-0.1, -0.05) is 6.92 Å². The lowest BCUT2D eigenvalue weighted by Gasteiger charge is -2.49. The third kappa shape index (κ3) is 2.47. The second-order valence-corrected chi connectivity index (χ2v) is 4.99. The fourth-order valence-corrected chi connectivity index (χ4v) is 2.26. The summed E-state index contributed by atoms with van der Waals surface area (Å²) in [5.41, 5.74) is 5.95. The Morgan fingerprint density at radius 3 is 2.57 bits per heavy atom. The van der Waals surface area contributed by atoms with Crippen LogP contribution in [0.1, 0.15) is 27.2 Å². The molecule has 1 unspecified atom stereocenters. The molecule has 0 spiro atoms. The van der Waals surface area contributed by atoms with E-state index in [0.29, 0.717) is 11.6 Å². The highest BCUT2D eigenvalue weighted by Gasteiger charge is 2.35. The summed E-state index contributed by atoms with van der Waals surface area (Å²) in [5, 5.41) is 0. The summed E-state index contributed by atoms with van der Waals surface area (Å²) in [4.78, 5) is 5.02. The first-order valence-electron chi connectivity index (χ1n) is 5.66. The first-order valence-corrected chi connectivity index (χ1v) is 5.66. The van der Waals surface area contributed by atoms with Gasteiger partial charge in [-0.2, -0.15) is 0 Å². The van der Waals surface area contributed by atoms with Gasteiger partial charge in [0.05, 0.1) is 0 Å². The maximum absolute atomic E-state index is 5.64. The summed E-state index contributed by atoms with van der Waals surface area (Å²) in [7, 11) is 2.22. The second kappa shape index (κ2) is 4.60. The Morgan fingerprint density at radius 1 is 1.43 bits per heavy atom. The average molecular weight is 199 g/mol. The Kier molecular flexibility index (Phi) is 3.93. The van der Waals surface area contributed by atoms with Crippen molar-refractivity contribution in [1.82, 2.24) is 9.80 Å². The van der Waals surface area contributed by atoms with Crippen LogP contribution in [0.5, 0.6) is 0 Å². The van der Waals surface area contributed by atoms with E-state index in [9.17, 15) is 0 Å². The largest absolute Gasteiger partial charge is 0.330 e. The van der Waals surface area contributed by atoms with Crippen molar-refractivity contribution >= 4 is 0 Å². The van der Waals surface area contributed by atoms with Crippen LogP contribution in [0.4, 0.5) is 0 Å². The zero-order chi connectivity index (χ0) is 10.8. The Hall–Kier alpha value is -0.120. The standard InChI is InChI=1S/C11H25N3/c1-5-14-9-11(2,3)13(4)8-10(14)6-7-12/h10H,5-9,12H2,1-4H3. The quantitative estimate of drug-likeness (QED) is 0.728. The molecule has 1 heterocycles. The summed E-state index contributed by atoms with van der Waals surface area (Å²) >= 11 is 0. The van der Waals surface area contributed by atoms with Crippen LogP contribution in [0.25, 0.3) is 0 Å². The highest BCUT2D eigenvalue weighted by Crippen LogP contribution is 2.23. The van der Waals surface area contributed by atoms with Crippen molar-refractivity contribution in [3.63, 3.8) is 0 Å². The fraction of sp³-hybridized carbons (Fsp3) is 1.00. The average Bonchev–Trinajstić information content (AvgIpc) is 2.12. The minimum absolute atomic E-state index is 0.307. The van der Waals surface area contributed by atoms with Crippen LogP contribution in [0.2, 0.25) is 0 Å². The Balaban J connectivity index is 2.63. The number of piperazine rings is 1. The van der Waals surface area contributed by atoms with Crippen LogP contribution in [-0.2, 0) is 0 Å². The molecule has 3 nitrogen and oxygen atoms in total. The smallest absolute Gasteiger partial charge is 0.0277 e. The van der Waals surface area contributed by atoms with Crippen molar-refractivity contribution in [2.45, 2.75) is 38.8 Å². The maximum Gasteiger partial charge on any atom is 0.0277 e. The van der Waals surface area contributed by atoms with Gasteiger partial charge in [-0.15, -0.1) is 0 Å². The lowest BCUT2D eigenvalue weighted by molar-refractivity contribution is -0.000264. The molecule has 1 rings (SSSR count). The number of hydrogen-bond acceptors (Lipinski definition) is 3. The van der Waals surface area contributed by atoms with Gasteiger partial charge in [-0.05, 0) is 40.4 Å². The molecule has 0 aromatic heterocycles. The molecule has 0 aromatic carbocycles. The van der Waals surface area contributed by atoms with Crippen molar-refractivity contribution in [2.24, 2.45) is 5.73 Å². The third-order valence-corrected chi connectivity index (χ3v) is 3.53. The van der Waals surface area contributed by atoms with Gasteiger partial charge in [0.15, 0.2) is 0 Å². The molecule has 0 bridgehead atoms. The highest BCUT2D eigenvalue weighted by molar-refractivity contribution is 4.92. The molecule has 84 valence electrons. The first kappa shape index (κ1) is 12.0. The molecule has 1 aliphatic heterocycles. The Bertz CT molecular complexity index is 179. The van der Waals surface area contributed by atoms with Gasteiger partial charge >= 0.3 is 0 Å². The van der Waals surface area contributed by atoms with E-state index in [0.717, 1.165) is 32.6 Å². The monoisotopic (exact) mass is 199 g/mol. The van der Waals surface area contributed by atoms with Crippen molar-refractivity contribution < 1.29 is 0 Å². The fourth-order valence-electron chi connectivity index (χ4n) is 2.26. The van der Waals surface area contributed by atoms with Crippen LogP contribution in [0, 0.1) is 0 Å². The molecule has 2 N–H and O–H groups in total. The minimum atomic E-state index is 0.307. The number of hydrogen-bond donors (Lipinski definition) is 1. The number of nitrogens with zero attached hydrogens (tertiary/aromatic N) is 2. The van der Waals surface area contributed by atoms with Gasteiger partial charge in [-0.25, -0.2) is 0 Å². The number of likely N-dealkylation sites (N-methyl/N-ethyl adjacent to an activating group) is 2. The Morgan fingerprint density at radius 2 is 2.07 bits per heavy atom. The summed E-state index contributed by atoms with van der Waals surface area (Å²) < 4.78 is 0. The van der Waals surface area contributed by atoms with Crippen LogP contribution in [-0.4, -0.2) is 54.6 Å². The van der Waals surface area contributed by atoms with Crippen molar-refractivity contribution in [2.75, 3.05) is 33.2 Å². The second-order valence-electron chi connectivity index (χ2n) is 4.99. The molecule has 3 heteroatoms.